The first-order chi connectivity index (χ1) is 21.1. The van der Waals surface area contributed by atoms with Gasteiger partial charge in [0.2, 0.25) is 11.8 Å². The summed E-state index contributed by atoms with van der Waals surface area (Å²) in [5.74, 6) is -0.546. The normalized spacial score (nSPS) is 12.0. The lowest BCUT2D eigenvalue weighted by Gasteiger charge is -2.34. The molecule has 1 atom stereocenters. The predicted molar refractivity (Wildman–Crippen MR) is 179 cm³/mol. The van der Waals surface area contributed by atoms with Gasteiger partial charge in [-0.2, -0.15) is 0 Å². The van der Waals surface area contributed by atoms with E-state index in [1.807, 2.05) is 73.7 Å². The van der Waals surface area contributed by atoms with E-state index >= 15 is 0 Å². The standard InChI is InChI=1S/C35H38BrN3O4S/c1-4-37-35(41)33(23-27-11-7-5-8-12-27)38(24-28-15-19-30(36)20-16-28)34(40)25-39(31-21-17-29(18-22-31)26(2)3)44(42,43)32-13-9-6-10-14-32/h5-22,26,33H,4,23-25H2,1-3H3,(H,37,41)/t33-/m0/s1. The minimum absolute atomic E-state index is 0.0738. The number of hydrogen-bond donors (Lipinski definition) is 1. The number of halogens is 1. The zero-order valence-corrected chi connectivity index (χ0v) is 27.6. The lowest BCUT2D eigenvalue weighted by atomic mass is 10.0. The molecule has 0 aliphatic rings. The van der Waals surface area contributed by atoms with Crippen molar-refractivity contribution in [3.8, 4) is 0 Å². The van der Waals surface area contributed by atoms with Crippen molar-refractivity contribution in [2.75, 3.05) is 17.4 Å². The van der Waals surface area contributed by atoms with Crippen LogP contribution in [0.1, 0.15) is 43.4 Å². The number of carbonyl (C=O) groups is 2. The van der Waals surface area contributed by atoms with Gasteiger partial charge in [0, 0.05) is 24.0 Å². The first-order valence-electron chi connectivity index (χ1n) is 14.6. The van der Waals surface area contributed by atoms with Crippen LogP contribution in [0.4, 0.5) is 5.69 Å². The van der Waals surface area contributed by atoms with E-state index < -0.39 is 28.5 Å². The Morgan fingerprint density at radius 1 is 0.795 bits per heavy atom. The Hall–Kier alpha value is -3.95. The van der Waals surface area contributed by atoms with E-state index in [1.54, 1.807) is 30.3 Å². The summed E-state index contributed by atoms with van der Waals surface area (Å²) >= 11 is 3.46. The molecule has 2 amide bonds. The van der Waals surface area contributed by atoms with Crippen LogP contribution in [-0.4, -0.2) is 44.3 Å². The van der Waals surface area contributed by atoms with Crippen molar-refractivity contribution in [1.29, 1.82) is 0 Å². The number of rotatable bonds is 13. The Labute approximate surface area is 269 Å². The van der Waals surface area contributed by atoms with Gasteiger partial charge in [-0.25, -0.2) is 8.42 Å². The van der Waals surface area contributed by atoms with Crippen molar-refractivity contribution in [3.05, 3.63) is 130 Å². The minimum atomic E-state index is -4.13. The molecule has 1 N–H and O–H groups in total. The number of nitrogens with one attached hydrogen (secondary N) is 1. The lowest BCUT2D eigenvalue weighted by molar-refractivity contribution is -0.140. The third kappa shape index (κ3) is 8.36. The fourth-order valence-electron chi connectivity index (χ4n) is 4.91. The van der Waals surface area contributed by atoms with Gasteiger partial charge in [-0.05, 0) is 65.9 Å². The lowest BCUT2D eigenvalue weighted by Crippen LogP contribution is -2.53. The molecule has 44 heavy (non-hydrogen) atoms. The average molecular weight is 677 g/mol. The quantitative estimate of drug-likeness (QED) is 0.174. The van der Waals surface area contributed by atoms with Crippen LogP contribution in [0.3, 0.4) is 0 Å². The van der Waals surface area contributed by atoms with Gasteiger partial charge in [-0.3, -0.25) is 13.9 Å². The predicted octanol–water partition coefficient (Wildman–Crippen LogP) is 6.54. The highest BCUT2D eigenvalue weighted by molar-refractivity contribution is 9.10. The van der Waals surface area contributed by atoms with E-state index in [2.05, 4.69) is 35.1 Å². The molecule has 0 aliphatic carbocycles. The maximum absolute atomic E-state index is 14.4. The number of hydrogen-bond acceptors (Lipinski definition) is 4. The van der Waals surface area contributed by atoms with Gasteiger partial charge < -0.3 is 10.2 Å². The van der Waals surface area contributed by atoms with Gasteiger partial charge in [0.1, 0.15) is 12.6 Å². The molecule has 9 heteroatoms. The zero-order chi connectivity index (χ0) is 31.7. The molecule has 0 bridgehead atoms. The van der Waals surface area contributed by atoms with Gasteiger partial charge in [0.15, 0.2) is 0 Å². The van der Waals surface area contributed by atoms with Gasteiger partial charge in [0.05, 0.1) is 10.6 Å². The Bertz CT molecular complexity index is 1630. The fraction of sp³-hybridized carbons (Fsp3) is 0.257. The maximum atomic E-state index is 14.4. The highest BCUT2D eigenvalue weighted by Gasteiger charge is 2.34. The first kappa shape index (κ1) is 33.0. The van der Waals surface area contributed by atoms with Crippen LogP contribution < -0.4 is 9.62 Å². The van der Waals surface area contributed by atoms with Crippen molar-refractivity contribution in [1.82, 2.24) is 10.2 Å². The van der Waals surface area contributed by atoms with Crippen LogP contribution in [0.2, 0.25) is 0 Å². The van der Waals surface area contributed by atoms with Crippen LogP contribution in [0, 0.1) is 0 Å². The summed E-state index contributed by atoms with van der Waals surface area (Å²) < 4.78 is 30.2. The Morgan fingerprint density at radius 3 is 1.95 bits per heavy atom. The highest BCUT2D eigenvalue weighted by Crippen LogP contribution is 2.27. The van der Waals surface area contributed by atoms with Crippen molar-refractivity contribution >= 4 is 43.5 Å². The summed E-state index contributed by atoms with van der Waals surface area (Å²) in [6.45, 7) is 5.97. The van der Waals surface area contributed by atoms with Crippen molar-refractivity contribution < 1.29 is 18.0 Å². The largest absolute Gasteiger partial charge is 0.355 e. The van der Waals surface area contributed by atoms with Crippen LogP contribution in [-0.2, 0) is 32.6 Å². The van der Waals surface area contributed by atoms with Crippen molar-refractivity contribution in [2.24, 2.45) is 0 Å². The summed E-state index contributed by atoms with van der Waals surface area (Å²) in [6.07, 6.45) is 0.267. The van der Waals surface area contributed by atoms with Crippen molar-refractivity contribution in [3.63, 3.8) is 0 Å². The molecule has 0 spiro atoms. The number of amides is 2. The number of benzene rings is 4. The van der Waals surface area contributed by atoms with E-state index in [0.29, 0.717) is 12.2 Å². The molecule has 0 aromatic heterocycles. The molecule has 4 aromatic rings. The molecule has 4 aromatic carbocycles. The van der Waals surface area contributed by atoms with E-state index in [-0.39, 0.29) is 29.7 Å². The second kappa shape index (κ2) is 15.2. The molecule has 230 valence electrons. The molecular formula is C35H38BrN3O4S. The van der Waals surface area contributed by atoms with E-state index in [1.165, 1.54) is 17.0 Å². The Morgan fingerprint density at radius 2 is 1.39 bits per heavy atom. The third-order valence-corrected chi connectivity index (χ3v) is 9.66. The van der Waals surface area contributed by atoms with Crippen LogP contribution in [0.15, 0.2) is 119 Å². The Kier molecular flexibility index (Phi) is 11.4. The molecular weight excluding hydrogens is 638 g/mol. The molecule has 0 aliphatic heterocycles. The van der Waals surface area contributed by atoms with Gasteiger partial charge in [0.25, 0.3) is 10.0 Å². The van der Waals surface area contributed by atoms with Crippen molar-refractivity contribution in [2.45, 2.75) is 50.6 Å². The molecule has 0 fully saturated rings. The smallest absolute Gasteiger partial charge is 0.264 e. The summed E-state index contributed by atoms with van der Waals surface area (Å²) in [7, 11) is -4.13. The fourth-order valence-corrected chi connectivity index (χ4v) is 6.61. The van der Waals surface area contributed by atoms with Crippen LogP contribution >= 0.6 is 15.9 Å². The highest BCUT2D eigenvalue weighted by atomic mass is 79.9. The van der Waals surface area contributed by atoms with Gasteiger partial charge in [-0.1, -0.05) is 103 Å². The topological polar surface area (TPSA) is 86.8 Å². The number of sulfonamides is 1. The first-order valence-corrected chi connectivity index (χ1v) is 16.9. The maximum Gasteiger partial charge on any atom is 0.264 e. The van der Waals surface area contributed by atoms with Crippen LogP contribution in [0.5, 0.6) is 0 Å². The van der Waals surface area contributed by atoms with E-state index in [4.69, 9.17) is 0 Å². The summed E-state index contributed by atoms with van der Waals surface area (Å²) in [5, 5.41) is 2.88. The van der Waals surface area contributed by atoms with Gasteiger partial charge >= 0.3 is 0 Å². The monoisotopic (exact) mass is 675 g/mol. The molecule has 0 heterocycles. The van der Waals surface area contributed by atoms with E-state index in [9.17, 15) is 18.0 Å². The molecule has 7 nitrogen and oxygen atoms in total. The average Bonchev–Trinajstić information content (AvgIpc) is 3.03. The van der Waals surface area contributed by atoms with Crippen LogP contribution in [0.25, 0.3) is 0 Å². The summed E-state index contributed by atoms with van der Waals surface area (Å²) in [5.41, 5.74) is 3.11. The number of anilines is 1. The third-order valence-electron chi connectivity index (χ3n) is 7.35. The molecule has 0 saturated carbocycles. The summed E-state index contributed by atoms with van der Waals surface area (Å²) in [4.78, 5) is 29.6. The number of carbonyl (C=O) groups excluding carboxylic acids is 2. The second-order valence-electron chi connectivity index (χ2n) is 10.8. The minimum Gasteiger partial charge on any atom is -0.355 e. The second-order valence-corrected chi connectivity index (χ2v) is 13.6. The number of nitrogens with zero attached hydrogens (tertiary/aromatic N) is 2. The number of likely N-dealkylation sites (N-methyl/N-ethyl adjacent to an activating group) is 1. The van der Waals surface area contributed by atoms with Gasteiger partial charge in [-0.15, -0.1) is 0 Å². The van der Waals surface area contributed by atoms with E-state index in [0.717, 1.165) is 25.5 Å². The summed E-state index contributed by atoms with van der Waals surface area (Å²) in [6, 6.07) is 31.4. The molecule has 4 rings (SSSR count). The molecule has 0 radical (unpaired) electrons. The molecule has 0 saturated heterocycles. The molecule has 0 unspecified atom stereocenters. The zero-order valence-electron chi connectivity index (χ0n) is 25.2. The Balaban J connectivity index is 1.79. The SMILES string of the molecule is CCNC(=O)[C@H](Cc1ccccc1)N(Cc1ccc(Br)cc1)C(=O)CN(c1ccc(C(C)C)cc1)S(=O)(=O)c1ccccc1.